The van der Waals surface area contributed by atoms with E-state index >= 15 is 0 Å². The van der Waals surface area contributed by atoms with E-state index in [1.54, 1.807) is 0 Å². The quantitative estimate of drug-likeness (QED) is 0.308. The van der Waals surface area contributed by atoms with Gasteiger partial charge in [-0.15, -0.1) is 0 Å². The molecule has 3 fully saturated rings. The van der Waals surface area contributed by atoms with Crippen molar-refractivity contribution in [3.05, 3.63) is 23.8 Å². The van der Waals surface area contributed by atoms with Gasteiger partial charge >= 0.3 is 5.97 Å². The number of esters is 1. The predicted octanol–water partition coefficient (Wildman–Crippen LogP) is 1.20. The first kappa shape index (κ1) is 11.7. The number of hydrogen-bond donors (Lipinski definition) is 1. The Bertz CT molecular complexity index is 502. The topological polar surface area (TPSA) is 59.1 Å². The van der Waals surface area contributed by atoms with Crippen LogP contribution in [0.25, 0.3) is 0 Å². The highest BCUT2D eigenvalue weighted by molar-refractivity contribution is 5.91. The summed E-state index contributed by atoms with van der Waals surface area (Å²) in [5.41, 5.74) is 1.48. The number of aliphatic hydroxyl groups excluding tert-OH is 1. The predicted molar refractivity (Wildman–Crippen MR) is 67.2 cm³/mol. The summed E-state index contributed by atoms with van der Waals surface area (Å²) in [5.74, 6) is -0.117. The van der Waals surface area contributed by atoms with E-state index in [1.165, 1.54) is 5.57 Å². The van der Waals surface area contributed by atoms with Crippen molar-refractivity contribution in [3.63, 3.8) is 0 Å². The van der Waals surface area contributed by atoms with Crippen LogP contribution in [0.4, 0.5) is 0 Å². The number of carbonyl (C=O) groups is 1. The second kappa shape index (κ2) is 3.49. The van der Waals surface area contributed by atoms with Gasteiger partial charge in [0.2, 0.25) is 0 Å². The molecule has 19 heavy (non-hydrogen) atoms. The van der Waals surface area contributed by atoms with E-state index in [9.17, 15) is 9.90 Å². The number of allylic oxidation sites excluding steroid dienone is 1. The molecule has 4 aliphatic rings. The first-order valence-corrected chi connectivity index (χ1v) is 6.92. The first-order valence-electron chi connectivity index (χ1n) is 6.92. The maximum absolute atomic E-state index is 11.8. The van der Waals surface area contributed by atoms with Gasteiger partial charge in [-0.3, -0.25) is 0 Å². The van der Waals surface area contributed by atoms with Crippen LogP contribution in [0.15, 0.2) is 23.8 Å². The highest BCUT2D eigenvalue weighted by Crippen LogP contribution is 2.57. The molecule has 1 saturated carbocycles. The standard InChI is InChI=1S/C15H18O4/c1-7-3-4-9-11(7)13-12(8(2)14(17)19-13)10(16)5-15(9)6-18-15/h3,9-13,16H,2,4-6H2,1H3/t9-,10-,11+,12-,13-,15-/m1/s1. The third kappa shape index (κ3) is 1.39. The van der Waals surface area contributed by atoms with Crippen LogP contribution in [0.1, 0.15) is 19.8 Å². The Labute approximate surface area is 112 Å². The third-order valence-electron chi connectivity index (χ3n) is 5.43. The van der Waals surface area contributed by atoms with Crippen LogP contribution in [0, 0.1) is 17.8 Å². The lowest BCUT2D eigenvalue weighted by atomic mass is 9.78. The molecule has 1 N–H and O–H groups in total. The lowest BCUT2D eigenvalue weighted by molar-refractivity contribution is -0.141. The Balaban J connectivity index is 1.80. The van der Waals surface area contributed by atoms with Crippen molar-refractivity contribution in [2.45, 2.75) is 37.6 Å². The molecule has 0 aromatic heterocycles. The Morgan fingerprint density at radius 3 is 2.89 bits per heavy atom. The molecule has 4 nitrogen and oxygen atoms in total. The van der Waals surface area contributed by atoms with Gasteiger partial charge in [0.25, 0.3) is 0 Å². The van der Waals surface area contributed by atoms with Gasteiger partial charge in [0.15, 0.2) is 0 Å². The molecular weight excluding hydrogens is 244 g/mol. The summed E-state index contributed by atoms with van der Waals surface area (Å²) >= 11 is 0. The Kier molecular flexibility index (Phi) is 2.15. The number of rotatable bonds is 0. The van der Waals surface area contributed by atoms with Crippen molar-refractivity contribution in [2.24, 2.45) is 17.8 Å². The summed E-state index contributed by atoms with van der Waals surface area (Å²) < 4.78 is 11.3. The molecule has 6 atom stereocenters. The van der Waals surface area contributed by atoms with Crippen molar-refractivity contribution in [1.29, 1.82) is 0 Å². The number of hydrogen-bond acceptors (Lipinski definition) is 4. The zero-order valence-corrected chi connectivity index (χ0v) is 11.0. The Hall–Kier alpha value is -1.13. The number of aliphatic hydroxyl groups is 1. The molecule has 2 saturated heterocycles. The van der Waals surface area contributed by atoms with Gasteiger partial charge in [-0.05, 0) is 13.3 Å². The number of epoxide rings is 1. The van der Waals surface area contributed by atoms with Gasteiger partial charge in [0.05, 0.1) is 24.2 Å². The largest absolute Gasteiger partial charge is 0.458 e. The van der Waals surface area contributed by atoms with E-state index in [1.807, 2.05) is 0 Å². The minimum Gasteiger partial charge on any atom is -0.458 e. The summed E-state index contributed by atoms with van der Waals surface area (Å²) in [6.45, 7) is 6.63. The van der Waals surface area contributed by atoms with Crippen molar-refractivity contribution < 1.29 is 19.4 Å². The fourth-order valence-corrected chi connectivity index (χ4v) is 4.35. The van der Waals surface area contributed by atoms with Crippen LogP contribution >= 0.6 is 0 Å². The van der Waals surface area contributed by atoms with E-state index in [4.69, 9.17) is 9.47 Å². The van der Waals surface area contributed by atoms with E-state index in [0.717, 1.165) is 6.42 Å². The molecule has 102 valence electrons. The summed E-state index contributed by atoms with van der Waals surface area (Å²) in [5, 5.41) is 10.5. The first-order chi connectivity index (χ1) is 9.03. The number of fused-ring (bicyclic) bond motifs is 4. The zero-order valence-electron chi connectivity index (χ0n) is 11.0. The average molecular weight is 262 g/mol. The summed E-state index contributed by atoms with van der Waals surface area (Å²) in [4.78, 5) is 11.8. The highest BCUT2D eigenvalue weighted by Gasteiger charge is 2.64. The lowest BCUT2D eigenvalue weighted by Gasteiger charge is -2.28. The Morgan fingerprint density at radius 1 is 1.47 bits per heavy atom. The van der Waals surface area contributed by atoms with Crippen molar-refractivity contribution in [3.8, 4) is 0 Å². The molecule has 1 spiro atoms. The molecule has 2 aliphatic heterocycles. The molecular formula is C15H18O4. The van der Waals surface area contributed by atoms with E-state index < -0.39 is 6.10 Å². The highest BCUT2D eigenvalue weighted by atomic mass is 16.6. The van der Waals surface area contributed by atoms with Gasteiger partial charge in [-0.25, -0.2) is 4.79 Å². The molecule has 2 heterocycles. The number of ether oxygens (including phenoxy) is 2. The lowest BCUT2D eigenvalue weighted by Crippen LogP contribution is -2.34. The van der Waals surface area contributed by atoms with Crippen LogP contribution in [-0.4, -0.2) is 35.5 Å². The van der Waals surface area contributed by atoms with E-state index in [0.29, 0.717) is 24.5 Å². The molecule has 0 aromatic carbocycles. The monoisotopic (exact) mass is 262 g/mol. The molecule has 0 amide bonds. The van der Waals surface area contributed by atoms with Crippen molar-refractivity contribution in [2.75, 3.05) is 6.61 Å². The SMILES string of the molecule is C=C1C(=O)O[C@@H]2[C@H]3C(C)=CC[C@H]3[C@]3(CO3)C[C@@H](O)[C@@H]12. The van der Waals surface area contributed by atoms with Crippen molar-refractivity contribution >= 4 is 5.97 Å². The van der Waals surface area contributed by atoms with Gasteiger partial charge in [-0.2, -0.15) is 0 Å². The van der Waals surface area contributed by atoms with Crippen LogP contribution in [-0.2, 0) is 14.3 Å². The van der Waals surface area contributed by atoms with Gasteiger partial charge < -0.3 is 14.6 Å². The van der Waals surface area contributed by atoms with Gasteiger partial charge in [0.1, 0.15) is 6.10 Å². The molecule has 0 aromatic rings. The molecule has 4 heteroatoms. The normalized spacial score (nSPS) is 51.5. The van der Waals surface area contributed by atoms with E-state index in [-0.39, 0.29) is 29.5 Å². The maximum atomic E-state index is 11.8. The molecule has 2 aliphatic carbocycles. The van der Waals surface area contributed by atoms with E-state index in [2.05, 4.69) is 19.6 Å². The zero-order chi connectivity index (χ0) is 13.4. The molecule has 0 bridgehead atoms. The smallest absolute Gasteiger partial charge is 0.334 e. The fraction of sp³-hybridized carbons (Fsp3) is 0.667. The third-order valence-corrected chi connectivity index (χ3v) is 5.43. The maximum Gasteiger partial charge on any atom is 0.334 e. The Morgan fingerprint density at radius 2 is 2.21 bits per heavy atom. The second-order valence-electron chi connectivity index (χ2n) is 6.36. The summed E-state index contributed by atoms with van der Waals surface area (Å²) in [6, 6.07) is 0. The van der Waals surface area contributed by atoms with Crippen LogP contribution in [0.2, 0.25) is 0 Å². The molecule has 0 radical (unpaired) electrons. The fourth-order valence-electron chi connectivity index (χ4n) is 4.35. The number of carbonyl (C=O) groups excluding carboxylic acids is 1. The van der Waals surface area contributed by atoms with Crippen molar-refractivity contribution in [1.82, 2.24) is 0 Å². The van der Waals surface area contributed by atoms with Crippen LogP contribution in [0.5, 0.6) is 0 Å². The average Bonchev–Trinajstić information content (AvgIpc) is 2.95. The second-order valence-corrected chi connectivity index (χ2v) is 6.36. The van der Waals surface area contributed by atoms with Crippen LogP contribution < -0.4 is 0 Å². The summed E-state index contributed by atoms with van der Waals surface area (Å²) in [6.07, 6.45) is 2.91. The minimum atomic E-state index is -0.593. The van der Waals surface area contributed by atoms with Gasteiger partial charge in [0, 0.05) is 23.8 Å². The van der Waals surface area contributed by atoms with Crippen LogP contribution in [0.3, 0.4) is 0 Å². The molecule has 0 unspecified atom stereocenters. The minimum absolute atomic E-state index is 0.174. The van der Waals surface area contributed by atoms with Gasteiger partial charge in [-0.1, -0.05) is 18.2 Å². The molecule has 4 rings (SSSR count). The summed E-state index contributed by atoms with van der Waals surface area (Å²) in [7, 11) is 0.